The van der Waals surface area contributed by atoms with Gasteiger partial charge in [0.2, 0.25) is 0 Å². The molecule has 0 aliphatic heterocycles. The molecule has 0 fully saturated rings. The van der Waals surface area contributed by atoms with E-state index in [2.05, 4.69) is 20.8 Å². The van der Waals surface area contributed by atoms with Gasteiger partial charge in [-0.2, -0.15) is 4.68 Å². The molecule has 0 aliphatic rings. The van der Waals surface area contributed by atoms with E-state index in [1.807, 2.05) is 13.0 Å². The number of rotatable bonds is 7. The van der Waals surface area contributed by atoms with Crippen molar-refractivity contribution in [1.82, 2.24) is 25.5 Å². The van der Waals surface area contributed by atoms with Gasteiger partial charge in [-0.15, -0.1) is 5.10 Å². The van der Waals surface area contributed by atoms with Gasteiger partial charge in [-0.3, -0.25) is 0 Å². The lowest BCUT2D eigenvalue weighted by molar-refractivity contribution is 0.199. The topological polar surface area (TPSA) is 74.1 Å². The van der Waals surface area contributed by atoms with E-state index in [0.29, 0.717) is 29.7 Å². The first-order valence-electron chi connectivity index (χ1n) is 6.48. The second kappa shape index (κ2) is 7.35. The molecule has 1 N–H and O–H groups in total. The summed E-state index contributed by atoms with van der Waals surface area (Å²) in [5, 5.41) is 15.6. The summed E-state index contributed by atoms with van der Waals surface area (Å²) in [4.78, 5) is 0. The quantitative estimate of drug-likeness (QED) is 0.779. The Morgan fingerprint density at radius 2 is 2.14 bits per heavy atom. The van der Waals surface area contributed by atoms with Crippen LogP contribution in [0.15, 0.2) is 12.1 Å². The van der Waals surface area contributed by atoms with E-state index < -0.39 is 0 Å². The molecular weight excluding hydrogens is 294 g/mol. The fourth-order valence-corrected chi connectivity index (χ4v) is 2.01. The van der Waals surface area contributed by atoms with Crippen LogP contribution in [0.1, 0.15) is 11.4 Å². The van der Waals surface area contributed by atoms with Crippen molar-refractivity contribution in [2.24, 2.45) is 0 Å². The standard InChI is InChI=1S/C13H18ClN5O2/c1-9-6-11(12(21-3)7-10(9)14)19-13(16-17-18-19)8-15-4-5-20-2/h6-7,15H,4-5,8H2,1-3H3. The van der Waals surface area contributed by atoms with Crippen LogP contribution >= 0.6 is 11.6 Å². The molecular formula is C13H18ClN5O2. The summed E-state index contributed by atoms with van der Waals surface area (Å²) in [6.07, 6.45) is 0. The van der Waals surface area contributed by atoms with E-state index in [4.69, 9.17) is 21.1 Å². The second-order valence-electron chi connectivity index (χ2n) is 4.45. The highest BCUT2D eigenvalue weighted by atomic mass is 35.5. The minimum atomic E-state index is 0.529. The molecule has 0 spiro atoms. The number of methoxy groups -OCH3 is 2. The van der Waals surface area contributed by atoms with Crippen molar-refractivity contribution in [3.8, 4) is 11.4 Å². The van der Waals surface area contributed by atoms with E-state index in [1.54, 1.807) is 25.0 Å². The van der Waals surface area contributed by atoms with Crippen LogP contribution in [0.25, 0.3) is 5.69 Å². The first-order chi connectivity index (χ1) is 10.2. The van der Waals surface area contributed by atoms with E-state index in [1.165, 1.54) is 0 Å². The molecule has 0 amide bonds. The molecule has 1 aromatic carbocycles. The van der Waals surface area contributed by atoms with Crippen molar-refractivity contribution in [3.05, 3.63) is 28.5 Å². The lowest BCUT2D eigenvalue weighted by Crippen LogP contribution is -2.21. The summed E-state index contributed by atoms with van der Waals surface area (Å²) in [6, 6.07) is 3.66. The Labute approximate surface area is 128 Å². The molecule has 21 heavy (non-hydrogen) atoms. The molecule has 2 rings (SSSR count). The molecule has 7 nitrogen and oxygen atoms in total. The van der Waals surface area contributed by atoms with Gasteiger partial charge in [0.1, 0.15) is 11.4 Å². The minimum Gasteiger partial charge on any atom is -0.494 e. The highest BCUT2D eigenvalue weighted by Crippen LogP contribution is 2.29. The second-order valence-corrected chi connectivity index (χ2v) is 4.86. The Bertz CT molecular complexity index is 602. The summed E-state index contributed by atoms with van der Waals surface area (Å²) < 4.78 is 12.0. The highest BCUT2D eigenvalue weighted by molar-refractivity contribution is 6.31. The number of nitrogens with one attached hydrogen (secondary N) is 1. The molecule has 0 atom stereocenters. The maximum Gasteiger partial charge on any atom is 0.170 e. The zero-order valence-electron chi connectivity index (χ0n) is 12.3. The SMILES string of the molecule is COCCNCc1nnnn1-c1cc(C)c(Cl)cc1OC. The Kier molecular flexibility index (Phi) is 5.49. The Morgan fingerprint density at radius 1 is 1.33 bits per heavy atom. The maximum atomic E-state index is 6.12. The van der Waals surface area contributed by atoms with Gasteiger partial charge < -0.3 is 14.8 Å². The average Bonchev–Trinajstić information content (AvgIpc) is 2.94. The zero-order valence-corrected chi connectivity index (χ0v) is 13.0. The third-order valence-corrected chi connectivity index (χ3v) is 3.40. The van der Waals surface area contributed by atoms with Gasteiger partial charge >= 0.3 is 0 Å². The normalized spacial score (nSPS) is 10.9. The summed E-state index contributed by atoms with van der Waals surface area (Å²) in [5.74, 6) is 1.31. The lowest BCUT2D eigenvalue weighted by atomic mass is 10.2. The van der Waals surface area contributed by atoms with Crippen molar-refractivity contribution >= 4 is 11.6 Å². The maximum absolute atomic E-state index is 6.12. The Hall–Kier alpha value is -1.70. The van der Waals surface area contributed by atoms with Gasteiger partial charge in [-0.1, -0.05) is 11.6 Å². The van der Waals surface area contributed by atoms with Crippen molar-refractivity contribution in [3.63, 3.8) is 0 Å². The highest BCUT2D eigenvalue weighted by Gasteiger charge is 2.14. The molecule has 0 saturated heterocycles. The number of aromatic nitrogens is 4. The van der Waals surface area contributed by atoms with Crippen molar-refractivity contribution in [1.29, 1.82) is 0 Å². The number of nitrogens with zero attached hydrogens (tertiary/aromatic N) is 4. The minimum absolute atomic E-state index is 0.529. The van der Waals surface area contributed by atoms with Crippen molar-refractivity contribution in [2.45, 2.75) is 13.5 Å². The van der Waals surface area contributed by atoms with Crippen LogP contribution in [0.4, 0.5) is 0 Å². The van der Waals surface area contributed by atoms with E-state index in [9.17, 15) is 0 Å². The average molecular weight is 312 g/mol. The Balaban J connectivity index is 2.26. The molecule has 0 bridgehead atoms. The van der Waals surface area contributed by atoms with Crippen LogP contribution in [-0.2, 0) is 11.3 Å². The van der Waals surface area contributed by atoms with Crippen LogP contribution in [0, 0.1) is 6.92 Å². The first-order valence-corrected chi connectivity index (χ1v) is 6.86. The zero-order chi connectivity index (χ0) is 15.2. The number of aryl methyl sites for hydroxylation is 1. The van der Waals surface area contributed by atoms with Gasteiger partial charge in [0.25, 0.3) is 0 Å². The van der Waals surface area contributed by atoms with Gasteiger partial charge in [0.05, 0.1) is 20.3 Å². The number of hydrogen-bond donors (Lipinski definition) is 1. The van der Waals surface area contributed by atoms with Gasteiger partial charge in [0.15, 0.2) is 5.82 Å². The largest absolute Gasteiger partial charge is 0.494 e. The molecule has 1 aromatic heterocycles. The molecule has 0 unspecified atom stereocenters. The fraction of sp³-hybridized carbons (Fsp3) is 0.462. The van der Waals surface area contributed by atoms with Gasteiger partial charge in [-0.05, 0) is 29.0 Å². The van der Waals surface area contributed by atoms with Crippen LogP contribution in [0.5, 0.6) is 5.75 Å². The molecule has 1 heterocycles. The van der Waals surface area contributed by atoms with Crippen LogP contribution in [0.2, 0.25) is 5.02 Å². The number of ether oxygens (including phenoxy) is 2. The monoisotopic (exact) mass is 311 g/mol. The molecule has 0 radical (unpaired) electrons. The van der Waals surface area contributed by atoms with Crippen molar-refractivity contribution < 1.29 is 9.47 Å². The van der Waals surface area contributed by atoms with Gasteiger partial charge in [-0.25, -0.2) is 0 Å². The van der Waals surface area contributed by atoms with E-state index >= 15 is 0 Å². The number of halogens is 1. The predicted molar refractivity (Wildman–Crippen MR) is 79.0 cm³/mol. The number of benzene rings is 1. The Morgan fingerprint density at radius 3 is 2.86 bits per heavy atom. The summed E-state index contributed by atoms with van der Waals surface area (Å²) in [5.41, 5.74) is 1.69. The first kappa shape index (κ1) is 15.7. The van der Waals surface area contributed by atoms with Gasteiger partial charge in [0, 0.05) is 24.7 Å². The number of hydrogen-bond acceptors (Lipinski definition) is 6. The predicted octanol–water partition coefficient (Wildman–Crippen LogP) is 1.37. The summed E-state index contributed by atoms with van der Waals surface area (Å²) >= 11 is 6.12. The van der Waals surface area contributed by atoms with Crippen LogP contribution in [0.3, 0.4) is 0 Å². The summed E-state index contributed by atoms with van der Waals surface area (Å²) in [7, 11) is 3.25. The lowest BCUT2D eigenvalue weighted by Gasteiger charge is -2.12. The molecule has 8 heteroatoms. The molecule has 2 aromatic rings. The molecule has 0 aliphatic carbocycles. The molecule has 114 valence electrons. The van der Waals surface area contributed by atoms with E-state index in [0.717, 1.165) is 17.8 Å². The van der Waals surface area contributed by atoms with Crippen LogP contribution < -0.4 is 10.1 Å². The van der Waals surface area contributed by atoms with Crippen LogP contribution in [-0.4, -0.2) is 47.6 Å². The van der Waals surface area contributed by atoms with E-state index in [-0.39, 0.29) is 0 Å². The smallest absolute Gasteiger partial charge is 0.170 e. The third kappa shape index (κ3) is 3.69. The summed E-state index contributed by atoms with van der Waals surface area (Å²) in [6.45, 7) is 3.80. The fourth-order valence-electron chi connectivity index (χ4n) is 1.85. The molecule has 0 saturated carbocycles. The third-order valence-electron chi connectivity index (χ3n) is 2.99. The van der Waals surface area contributed by atoms with Crippen molar-refractivity contribution in [2.75, 3.05) is 27.4 Å². The number of tetrazole rings is 1.